The Labute approximate surface area is 141 Å². The highest BCUT2D eigenvalue weighted by atomic mass is 16.5. The van der Waals surface area contributed by atoms with Gasteiger partial charge in [-0.05, 0) is 25.0 Å². The van der Waals surface area contributed by atoms with E-state index in [9.17, 15) is 9.90 Å². The van der Waals surface area contributed by atoms with Crippen LogP contribution in [-0.2, 0) is 4.79 Å². The Bertz CT molecular complexity index is 713. The highest BCUT2D eigenvalue weighted by Crippen LogP contribution is 2.44. The van der Waals surface area contributed by atoms with Gasteiger partial charge in [0.25, 0.3) is 0 Å². The molecule has 124 valence electrons. The summed E-state index contributed by atoms with van der Waals surface area (Å²) in [5, 5.41) is 13.2. The SMILES string of the molecule is O=C(NC1CCCCC1O)C1c2ccccc2Oc2ccccc21. The molecule has 0 aromatic heterocycles. The van der Waals surface area contributed by atoms with Crippen LogP contribution in [-0.4, -0.2) is 23.2 Å². The lowest BCUT2D eigenvalue weighted by atomic mass is 9.86. The van der Waals surface area contributed by atoms with Crippen molar-refractivity contribution in [3.8, 4) is 11.5 Å². The van der Waals surface area contributed by atoms with E-state index in [4.69, 9.17) is 4.74 Å². The van der Waals surface area contributed by atoms with Crippen LogP contribution in [0.3, 0.4) is 0 Å². The van der Waals surface area contributed by atoms with E-state index in [2.05, 4.69) is 5.32 Å². The average Bonchev–Trinajstić information content (AvgIpc) is 2.61. The molecule has 4 nitrogen and oxygen atoms in total. The third kappa shape index (κ3) is 2.67. The van der Waals surface area contributed by atoms with Crippen LogP contribution in [0.4, 0.5) is 0 Å². The minimum Gasteiger partial charge on any atom is -0.457 e. The van der Waals surface area contributed by atoms with E-state index in [1.165, 1.54) is 0 Å². The number of nitrogens with one attached hydrogen (secondary N) is 1. The molecule has 2 N–H and O–H groups in total. The van der Waals surface area contributed by atoms with Crippen LogP contribution in [0, 0.1) is 0 Å². The number of para-hydroxylation sites is 2. The molecule has 0 bridgehead atoms. The van der Waals surface area contributed by atoms with Gasteiger partial charge in [-0.15, -0.1) is 0 Å². The molecule has 0 radical (unpaired) electrons. The summed E-state index contributed by atoms with van der Waals surface area (Å²) in [5.74, 6) is 0.977. The van der Waals surface area contributed by atoms with Crippen LogP contribution in [0.2, 0.25) is 0 Å². The van der Waals surface area contributed by atoms with E-state index < -0.39 is 12.0 Å². The van der Waals surface area contributed by atoms with Crippen molar-refractivity contribution < 1.29 is 14.6 Å². The Morgan fingerprint density at radius 2 is 1.54 bits per heavy atom. The molecule has 2 atom stereocenters. The number of aliphatic hydroxyl groups excluding tert-OH is 1. The molecule has 4 heteroatoms. The number of fused-ring (bicyclic) bond motifs is 2. The molecule has 2 unspecified atom stereocenters. The van der Waals surface area contributed by atoms with Gasteiger partial charge in [-0.1, -0.05) is 49.2 Å². The highest BCUT2D eigenvalue weighted by molar-refractivity contribution is 5.89. The first kappa shape index (κ1) is 15.2. The molecule has 1 aliphatic carbocycles. The van der Waals surface area contributed by atoms with Gasteiger partial charge in [-0.3, -0.25) is 4.79 Å². The Kier molecular flexibility index (Phi) is 3.98. The fraction of sp³-hybridized carbons (Fsp3) is 0.350. The van der Waals surface area contributed by atoms with Crippen molar-refractivity contribution in [3.05, 3.63) is 59.7 Å². The zero-order chi connectivity index (χ0) is 16.5. The summed E-state index contributed by atoms with van der Waals surface area (Å²) in [4.78, 5) is 13.1. The summed E-state index contributed by atoms with van der Waals surface area (Å²) in [5.41, 5.74) is 1.75. The van der Waals surface area contributed by atoms with Crippen molar-refractivity contribution in [3.63, 3.8) is 0 Å². The molecule has 24 heavy (non-hydrogen) atoms. The second-order valence-electron chi connectivity index (χ2n) is 6.58. The molecule has 1 aliphatic heterocycles. The van der Waals surface area contributed by atoms with Crippen LogP contribution in [0.25, 0.3) is 0 Å². The van der Waals surface area contributed by atoms with Crippen molar-refractivity contribution in [1.29, 1.82) is 0 Å². The molecule has 1 saturated carbocycles. The van der Waals surface area contributed by atoms with Gasteiger partial charge in [0.2, 0.25) is 5.91 Å². The molecule has 1 heterocycles. The maximum absolute atomic E-state index is 13.1. The van der Waals surface area contributed by atoms with Crippen molar-refractivity contribution in [2.75, 3.05) is 0 Å². The third-order valence-corrected chi connectivity index (χ3v) is 5.00. The standard InChI is InChI=1S/C20H21NO3/c22-16-10-4-3-9-15(16)21-20(23)19-13-7-1-5-11-17(13)24-18-12-6-2-8-14(18)19/h1-2,5-8,11-12,15-16,19,22H,3-4,9-10H2,(H,21,23). The largest absolute Gasteiger partial charge is 0.457 e. The second-order valence-corrected chi connectivity index (χ2v) is 6.58. The van der Waals surface area contributed by atoms with Gasteiger partial charge in [-0.25, -0.2) is 0 Å². The predicted octanol–water partition coefficient (Wildman–Crippen LogP) is 3.34. The zero-order valence-electron chi connectivity index (χ0n) is 13.4. The summed E-state index contributed by atoms with van der Waals surface area (Å²) >= 11 is 0. The molecular formula is C20H21NO3. The number of hydrogen-bond donors (Lipinski definition) is 2. The lowest BCUT2D eigenvalue weighted by Crippen LogP contribution is -2.47. The van der Waals surface area contributed by atoms with Gasteiger partial charge in [-0.2, -0.15) is 0 Å². The van der Waals surface area contributed by atoms with E-state index in [0.717, 1.165) is 48.3 Å². The molecular weight excluding hydrogens is 302 g/mol. The Balaban J connectivity index is 1.67. The zero-order valence-corrected chi connectivity index (χ0v) is 13.4. The number of aliphatic hydroxyl groups is 1. The van der Waals surface area contributed by atoms with Gasteiger partial charge in [0.15, 0.2) is 0 Å². The van der Waals surface area contributed by atoms with Gasteiger partial charge in [0.05, 0.1) is 18.1 Å². The van der Waals surface area contributed by atoms with Crippen LogP contribution in [0.5, 0.6) is 11.5 Å². The maximum Gasteiger partial charge on any atom is 0.232 e. The summed E-state index contributed by atoms with van der Waals surface area (Å²) in [6.45, 7) is 0. The predicted molar refractivity (Wildman–Crippen MR) is 91.2 cm³/mol. The topological polar surface area (TPSA) is 58.6 Å². The first-order chi connectivity index (χ1) is 11.7. The molecule has 1 amide bonds. The number of benzene rings is 2. The lowest BCUT2D eigenvalue weighted by molar-refractivity contribution is -0.123. The Morgan fingerprint density at radius 1 is 0.958 bits per heavy atom. The summed E-state index contributed by atoms with van der Waals surface area (Å²) in [7, 11) is 0. The number of hydrogen-bond acceptors (Lipinski definition) is 3. The normalized spacial score (nSPS) is 22.9. The Hall–Kier alpha value is -2.33. The first-order valence-electron chi connectivity index (χ1n) is 8.58. The quantitative estimate of drug-likeness (QED) is 0.891. The maximum atomic E-state index is 13.1. The summed E-state index contributed by atoms with van der Waals surface area (Å²) in [6, 6.07) is 15.2. The van der Waals surface area contributed by atoms with Crippen LogP contribution in [0.15, 0.2) is 48.5 Å². The summed E-state index contributed by atoms with van der Waals surface area (Å²) in [6.07, 6.45) is 3.21. The van der Waals surface area contributed by atoms with E-state index in [1.807, 2.05) is 48.5 Å². The number of carbonyl (C=O) groups is 1. The van der Waals surface area contributed by atoms with Crippen molar-refractivity contribution in [1.82, 2.24) is 5.32 Å². The van der Waals surface area contributed by atoms with E-state index >= 15 is 0 Å². The number of carbonyl (C=O) groups excluding carboxylic acids is 1. The summed E-state index contributed by atoms with van der Waals surface area (Å²) < 4.78 is 5.94. The Morgan fingerprint density at radius 3 is 2.17 bits per heavy atom. The molecule has 2 aliphatic rings. The molecule has 0 spiro atoms. The second kappa shape index (κ2) is 6.29. The number of amides is 1. The van der Waals surface area contributed by atoms with Gasteiger partial charge in [0, 0.05) is 11.1 Å². The van der Waals surface area contributed by atoms with Crippen molar-refractivity contribution in [2.45, 2.75) is 43.7 Å². The smallest absolute Gasteiger partial charge is 0.232 e. The minimum absolute atomic E-state index is 0.0656. The van der Waals surface area contributed by atoms with E-state index in [-0.39, 0.29) is 11.9 Å². The average molecular weight is 323 g/mol. The lowest BCUT2D eigenvalue weighted by Gasteiger charge is -2.32. The van der Waals surface area contributed by atoms with Crippen LogP contribution >= 0.6 is 0 Å². The van der Waals surface area contributed by atoms with E-state index in [0.29, 0.717) is 0 Å². The van der Waals surface area contributed by atoms with Crippen molar-refractivity contribution in [2.24, 2.45) is 0 Å². The molecule has 0 saturated heterocycles. The van der Waals surface area contributed by atoms with Gasteiger partial charge in [0.1, 0.15) is 11.5 Å². The fourth-order valence-electron chi connectivity index (χ4n) is 3.74. The number of ether oxygens (including phenoxy) is 1. The third-order valence-electron chi connectivity index (χ3n) is 5.00. The molecule has 2 aromatic rings. The molecule has 2 aromatic carbocycles. The van der Waals surface area contributed by atoms with Gasteiger partial charge < -0.3 is 15.2 Å². The number of rotatable bonds is 2. The highest BCUT2D eigenvalue weighted by Gasteiger charge is 2.34. The fourth-order valence-corrected chi connectivity index (χ4v) is 3.74. The first-order valence-corrected chi connectivity index (χ1v) is 8.58. The molecule has 1 fully saturated rings. The minimum atomic E-state index is -0.451. The monoisotopic (exact) mass is 323 g/mol. The van der Waals surface area contributed by atoms with Crippen LogP contribution in [0.1, 0.15) is 42.7 Å². The van der Waals surface area contributed by atoms with Crippen molar-refractivity contribution >= 4 is 5.91 Å². The van der Waals surface area contributed by atoms with Crippen LogP contribution < -0.4 is 10.1 Å². The van der Waals surface area contributed by atoms with Gasteiger partial charge >= 0.3 is 0 Å². The molecule has 4 rings (SSSR count). The van der Waals surface area contributed by atoms with E-state index in [1.54, 1.807) is 0 Å².